The molecule has 0 saturated carbocycles. The Morgan fingerprint density at radius 1 is 1.44 bits per heavy atom. The molecule has 0 bridgehead atoms. The van der Waals surface area contributed by atoms with Crippen LogP contribution in [-0.2, 0) is 4.57 Å². The van der Waals surface area contributed by atoms with Gasteiger partial charge in [0.1, 0.15) is 0 Å². The molecule has 1 aromatic carbocycles. The van der Waals surface area contributed by atoms with Gasteiger partial charge in [0.05, 0.1) is 10.4 Å². The first-order valence-corrected chi connectivity index (χ1v) is 7.64. The molecular formula is C9H12NO4PS. The van der Waals surface area contributed by atoms with Gasteiger partial charge in [-0.05, 0) is 12.1 Å². The van der Waals surface area contributed by atoms with Crippen LogP contribution < -0.4 is 0 Å². The van der Waals surface area contributed by atoms with Gasteiger partial charge in [0, 0.05) is 23.2 Å². The average Bonchev–Trinajstić information content (AvgIpc) is 2.27. The lowest BCUT2D eigenvalue weighted by atomic mass is 10.3. The highest BCUT2D eigenvalue weighted by atomic mass is 32.2. The van der Waals surface area contributed by atoms with E-state index in [1.807, 2.05) is 0 Å². The van der Waals surface area contributed by atoms with Crippen LogP contribution in [0, 0.1) is 10.1 Å². The summed E-state index contributed by atoms with van der Waals surface area (Å²) in [4.78, 5) is 20.0. The van der Waals surface area contributed by atoms with Crippen molar-refractivity contribution in [1.82, 2.24) is 0 Å². The van der Waals surface area contributed by atoms with Gasteiger partial charge in [-0.25, -0.2) is 0 Å². The summed E-state index contributed by atoms with van der Waals surface area (Å²) in [5.74, 6) is 0. The van der Waals surface area contributed by atoms with Crippen molar-refractivity contribution in [2.45, 2.75) is 11.8 Å². The summed E-state index contributed by atoms with van der Waals surface area (Å²) in [6, 6.07) is 5.93. The standard InChI is InChI=1S/C9H12NO4PS/c1-2-15(13,14)7-16-9-5-3-8(4-6-9)10(11)12/h3-6H,2,7H2,1H3,(H,13,14). The summed E-state index contributed by atoms with van der Waals surface area (Å²) in [6.45, 7) is 1.66. The second kappa shape index (κ2) is 5.48. The van der Waals surface area contributed by atoms with E-state index in [-0.39, 0.29) is 17.3 Å². The lowest BCUT2D eigenvalue weighted by molar-refractivity contribution is -0.384. The molecule has 0 aliphatic rings. The first kappa shape index (κ1) is 13.2. The summed E-state index contributed by atoms with van der Waals surface area (Å²) >= 11 is 1.24. The monoisotopic (exact) mass is 261 g/mol. The van der Waals surface area contributed by atoms with Crippen LogP contribution >= 0.6 is 19.1 Å². The van der Waals surface area contributed by atoms with Gasteiger partial charge in [0.2, 0.25) is 7.37 Å². The maximum absolute atomic E-state index is 11.4. The van der Waals surface area contributed by atoms with Gasteiger partial charge in [-0.3, -0.25) is 14.7 Å². The first-order chi connectivity index (χ1) is 7.44. The molecule has 0 spiro atoms. The van der Waals surface area contributed by atoms with Crippen molar-refractivity contribution >= 4 is 24.8 Å². The number of hydrogen-bond acceptors (Lipinski definition) is 4. The highest BCUT2D eigenvalue weighted by Crippen LogP contribution is 2.45. The molecule has 1 N–H and O–H groups in total. The minimum Gasteiger partial charge on any atom is -0.344 e. The molecule has 0 aromatic heterocycles. The van der Waals surface area contributed by atoms with Crippen LogP contribution in [0.4, 0.5) is 5.69 Å². The van der Waals surface area contributed by atoms with E-state index in [0.717, 1.165) is 4.90 Å². The first-order valence-electron chi connectivity index (χ1n) is 4.63. The normalized spacial score (nSPS) is 14.4. The Morgan fingerprint density at radius 2 is 2.00 bits per heavy atom. The number of nitrogens with zero attached hydrogens (tertiary/aromatic N) is 1. The van der Waals surface area contributed by atoms with Crippen molar-refractivity contribution in [2.75, 3.05) is 11.7 Å². The number of nitro benzene ring substituents is 1. The minimum atomic E-state index is -3.04. The van der Waals surface area contributed by atoms with Gasteiger partial charge < -0.3 is 4.89 Å². The Kier molecular flexibility index (Phi) is 4.53. The molecule has 1 unspecified atom stereocenters. The predicted molar refractivity (Wildman–Crippen MR) is 64.2 cm³/mol. The maximum Gasteiger partial charge on any atom is 0.269 e. The van der Waals surface area contributed by atoms with Crippen LogP contribution in [0.3, 0.4) is 0 Å². The van der Waals surface area contributed by atoms with Crippen molar-refractivity contribution in [1.29, 1.82) is 0 Å². The fourth-order valence-corrected chi connectivity index (χ4v) is 3.39. The summed E-state index contributed by atoms with van der Waals surface area (Å²) in [7, 11) is -3.04. The van der Waals surface area contributed by atoms with Gasteiger partial charge in [-0.1, -0.05) is 6.92 Å². The molecule has 0 aliphatic heterocycles. The quantitative estimate of drug-likeness (QED) is 0.381. The van der Waals surface area contributed by atoms with Gasteiger partial charge in [-0.15, -0.1) is 11.8 Å². The van der Waals surface area contributed by atoms with Crippen molar-refractivity contribution in [2.24, 2.45) is 0 Å². The highest BCUT2D eigenvalue weighted by Gasteiger charge is 2.15. The van der Waals surface area contributed by atoms with Crippen LogP contribution in [-0.4, -0.2) is 21.5 Å². The Labute approximate surface area is 97.5 Å². The zero-order valence-electron chi connectivity index (χ0n) is 8.70. The van der Waals surface area contributed by atoms with E-state index in [4.69, 9.17) is 0 Å². The number of hydrogen-bond donors (Lipinski definition) is 1. The van der Waals surface area contributed by atoms with Gasteiger partial charge in [0.25, 0.3) is 5.69 Å². The topological polar surface area (TPSA) is 80.4 Å². The number of rotatable bonds is 5. The van der Waals surface area contributed by atoms with E-state index in [1.54, 1.807) is 19.1 Å². The third-order valence-electron chi connectivity index (χ3n) is 1.97. The third kappa shape index (κ3) is 3.96. The van der Waals surface area contributed by atoms with Crippen LogP contribution in [0.2, 0.25) is 0 Å². The van der Waals surface area contributed by atoms with E-state index >= 15 is 0 Å². The molecule has 1 rings (SSSR count). The fourth-order valence-electron chi connectivity index (χ4n) is 0.931. The summed E-state index contributed by atoms with van der Waals surface area (Å²) in [5.41, 5.74) is 0.161. The van der Waals surface area contributed by atoms with E-state index in [2.05, 4.69) is 0 Å². The number of non-ortho nitro benzene ring substituents is 1. The number of nitro groups is 1. The molecule has 16 heavy (non-hydrogen) atoms. The van der Waals surface area contributed by atoms with Gasteiger partial charge in [0.15, 0.2) is 0 Å². The number of thioether (sulfide) groups is 1. The zero-order chi connectivity index (χ0) is 12.2. The lowest BCUT2D eigenvalue weighted by Crippen LogP contribution is -1.89. The van der Waals surface area contributed by atoms with E-state index in [1.165, 1.54) is 23.9 Å². The maximum atomic E-state index is 11.4. The molecule has 7 heteroatoms. The molecule has 0 saturated heterocycles. The Morgan fingerprint density at radius 3 is 2.44 bits per heavy atom. The molecular weight excluding hydrogens is 249 g/mol. The van der Waals surface area contributed by atoms with Crippen LogP contribution in [0.25, 0.3) is 0 Å². The molecule has 0 heterocycles. The van der Waals surface area contributed by atoms with E-state index in [9.17, 15) is 19.6 Å². The Hall–Kier alpha value is -0.840. The Bertz CT molecular complexity index is 420. The fraction of sp³-hybridized carbons (Fsp3) is 0.333. The van der Waals surface area contributed by atoms with Crippen molar-refractivity contribution in [3.63, 3.8) is 0 Å². The molecule has 0 aliphatic carbocycles. The second-order valence-corrected chi connectivity index (χ2v) is 7.30. The smallest absolute Gasteiger partial charge is 0.269 e. The molecule has 0 amide bonds. The minimum absolute atomic E-state index is 0.0204. The van der Waals surface area contributed by atoms with Crippen molar-refractivity contribution < 1.29 is 14.4 Å². The number of benzene rings is 1. The summed E-state index contributed by atoms with van der Waals surface area (Å²) in [5, 5.41) is 10.4. The second-order valence-electron chi connectivity index (χ2n) is 3.19. The van der Waals surface area contributed by atoms with Crippen LogP contribution in [0.5, 0.6) is 0 Å². The van der Waals surface area contributed by atoms with Gasteiger partial charge >= 0.3 is 0 Å². The summed E-state index contributed by atoms with van der Waals surface area (Å²) in [6.07, 6.45) is 0.243. The third-order valence-corrected chi connectivity index (χ3v) is 5.70. The van der Waals surface area contributed by atoms with Crippen LogP contribution in [0.15, 0.2) is 29.2 Å². The lowest BCUT2D eigenvalue weighted by Gasteiger charge is -2.07. The predicted octanol–water partition coefficient (Wildman–Crippen LogP) is 2.93. The highest BCUT2D eigenvalue weighted by molar-refractivity contribution is 8.05. The average molecular weight is 261 g/mol. The van der Waals surface area contributed by atoms with E-state index < -0.39 is 12.3 Å². The molecule has 88 valence electrons. The molecule has 0 radical (unpaired) electrons. The SMILES string of the molecule is CCP(=O)(O)CSc1ccc([N+](=O)[O-])cc1. The molecule has 1 atom stereocenters. The molecule has 5 nitrogen and oxygen atoms in total. The molecule has 0 fully saturated rings. The van der Waals surface area contributed by atoms with Crippen molar-refractivity contribution in [3.8, 4) is 0 Å². The van der Waals surface area contributed by atoms with E-state index in [0.29, 0.717) is 0 Å². The Balaban J connectivity index is 2.63. The van der Waals surface area contributed by atoms with Crippen LogP contribution in [0.1, 0.15) is 6.92 Å². The summed E-state index contributed by atoms with van der Waals surface area (Å²) < 4.78 is 11.4. The largest absolute Gasteiger partial charge is 0.344 e. The van der Waals surface area contributed by atoms with Crippen molar-refractivity contribution in [3.05, 3.63) is 34.4 Å². The zero-order valence-corrected chi connectivity index (χ0v) is 10.4. The molecule has 1 aromatic rings. The van der Waals surface area contributed by atoms with Gasteiger partial charge in [-0.2, -0.15) is 0 Å².